The van der Waals surface area contributed by atoms with Gasteiger partial charge in [-0.2, -0.15) is 10.2 Å². The first-order chi connectivity index (χ1) is 9.02. The monoisotopic (exact) mass is 258 g/mol. The Morgan fingerprint density at radius 1 is 1.21 bits per heavy atom. The molecule has 1 N–H and O–H groups in total. The van der Waals surface area contributed by atoms with Crippen molar-refractivity contribution in [3.8, 4) is 17.0 Å². The zero-order chi connectivity index (χ0) is 14.0. The summed E-state index contributed by atoms with van der Waals surface area (Å²) in [7, 11) is 1.61. The van der Waals surface area contributed by atoms with Crippen molar-refractivity contribution in [2.45, 2.75) is 13.8 Å². The van der Waals surface area contributed by atoms with Gasteiger partial charge in [0.1, 0.15) is 5.75 Å². The fraction of sp³-hybridized carbons (Fsp3) is 0.214. The molecule has 5 heteroatoms. The molecule has 1 heterocycles. The van der Waals surface area contributed by atoms with Crippen LogP contribution in [-0.2, 0) is 0 Å². The highest BCUT2D eigenvalue weighted by atomic mass is 16.5. The van der Waals surface area contributed by atoms with Gasteiger partial charge in [0, 0.05) is 5.56 Å². The second-order valence-electron chi connectivity index (χ2n) is 4.22. The molecule has 0 atom stereocenters. The molecule has 2 aromatic rings. The third kappa shape index (κ3) is 2.54. The molecule has 19 heavy (non-hydrogen) atoms. The van der Waals surface area contributed by atoms with Gasteiger partial charge < -0.3 is 9.84 Å². The van der Waals surface area contributed by atoms with E-state index in [0.717, 1.165) is 16.9 Å². The molecule has 0 saturated carbocycles. The maximum absolute atomic E-state index is 11.1. The Labute approximate surface area is 110 Å². The second kappa shape index (κ2) is 5.06. The van der Waals surface area contributed by atoms with Crippen LogP contribution < -0.4 is 4.74 Å². The number of aryl methyl sites for hydroxylation is 2. The number of benzene rings is 1. The zero-order valence-electron chi connectivity index (χ0n) is 11.0. The van der Waals surface area contributed by atoms with Gasteiger partial charge in [-0.1, -0.05) is 0 Å². The predicted molar refractivity (Wildman–Crippen MR) is 70.5 cm³/mol. The number of nitrogens with zero attached hydrogens (tertiary/aromatic N) is 2. The minimum atomic E-state index is -1.00. The number of carboxylic acid groups (broad SMARTS) is 1. The average Bonchev–Trinajstić information content (AvgIpc) is 2.38. The SMILES string of the molecule is COc1ccc(-c2cc(C(=O)O)c(C)nn2)cc1C. The summed E-state index contributed by atoms with van der Waals surface area (Å²) in [4.78, 5) is 11.1. The number of methoxy groups -OCH3 is 1. The number of carboxylic acids is 1. The Balaban J connectivity index is 2.50. The number of aromatic carboxylic acids is 1. The van der Waals surface area contributed by atoms with Gasteiger partial charge in [0.2, 0.25) is 0 Å². The lowest BCUT2D eigenvalue weighted by Gasteiger charge is -2.07. The summed E-state index contributed by atoms with van der Waals surface area (Å²) in [6.07, 6.45) is 0. The maximum atomic E-state index is 11.1. The van der Waals surface area contributed by atoms with E-state index in [-0.39, 0.29) is 5.56 Å². The van der Waals surface area contributed by atoms with Gasteiger partial charge in [0.25, 0.3) is 0 Å². The van der Waals surface area contributed by atoms with Crippen molar-refractivity contribution < 1.29 is 14.6 Å². The minimum absolute atomic E-state index is 0.165. The summed E-state index contributed by atoms with van der Waals surface area (Å²) in [5.41, 5.74) is 2.88. The predicted octanol–water partition coefficient (Wildman–Crippen LogP) is 2.47. The first-order valence-electron chi connectivity index (χ1n) is 5.75. The summed E-state index contributed by atoms with van der Waals surface area (Å²) in [5, 5.41) is 17.0. The molecule has 5 nitrogen and oxygen atoms in total. The Hall–Kier alpha value is -2.43. The largest absolute Gasteiger partial charge is 0.496 e. The fourth-order valence-electron chi connectivity index (χ4n) is 1.85. The molecule has 0 fully saturated rings. The van der Waals surface area contributed by atoms with E-state index >= 15 is 0 Å². The van der Waals surface area contributed by atoms with Gasteiger partial charge in [-0.05, 0) is 43.7 Å². The lowest BCUT2D eigenvalue weighted by atomic mass is 10.1. The van der Waals surface area contributed by atoms with E-state index in [1.165, 1.54) is 6.07 Å². The lowest BCUT2D eigenvalue weighted by Crippen LogP contribution is -2.04. The summed E-state index contributed by atoms with van der Waals surface area (Å²) >= 11 is 0. The van der Waals surface area contributed by atoms with Crippen LogP contribution >= 0.6 is 0 Å². The molecule has 1 aromatic heterocycles. The molecule has 0 bridgehead atoms. The van der Waals surface area contributed by atoms with Crippen LogP contribution in [0.1, 0.15) is 21.6 Å². The lowest BCUT2D eigenvalue weighted by molar-refractivity contribution is 0.0695. The Bertz CT molecular complexity index is 639. The van der Waals surface area contributed by atoms with Crippen molar-refractivity contribution in [1.82, 2.24) is 10.2 Å². The van der Waals surface area contributed by atoms with E-state index < -0.39 is 5.97 Å². The van der Waals surface area contributed by atoms with Gasteiger partial charge in [0.15, 0.2) is 0 Å². The molecule has 2 rings (SSSR count). The first kappa shape index (κ1) is 13.0. The molecule has 0 spiro atoms. The zero-order valence-corrected chi connectivity index (χ0v) is 11.0. The van der Waals surface area contributed by atoms with Gasteiger partial charge in [-0.25, -0.2) is 4.79 Å². The Morgan fingerprint density at radius 2 is 1.95 bits per heavy atom. The molecule has 0 aliphatic carbocycles. The highest BCUT2D eigenvalue weighted by molar-refractivity contribution is 5.90. The van der Waals surface area contributed by atoms with Crippen LogP contribution in [0.5, 0.6) is 5.75 Å². The Kier molecular flexibility index (Phi) is 3.46. The van der Waals surface area contributed by atoms with Crippen LogP contribution in [0.4, 0.5) is 0 Å². The van der Waals surface area contributed by atoms with Crippen LogP contribution in [0.2, 0.25) is 0 Å². The van der Waals surface area contributed by atoms with Crippen molar-refractivity contribution >= 4 is 5.97 Å². The van der Waals surface area contributed by atoms with Crippen LogP contribution in [0.3, 0.4) is 0 Å². The van der Waals surface area contributed by atoms with Crippen LogP contribution in [0, 0.1) is 13.8 Å². The Morgan fingerprint density at radius 3 is 2.53 bits per heavy atom. The maximum Gasteiger partial charge on any atom is 0.337 e. The van der Waals surface area contributed by atoms with E-state index in [1.807, 2.05) is 25.1 Å². The van der Waals surface area contributed by atoms with Gasteiger partial charge in [-0.15, -0.1) is 0 Å². The summed E-state index contributed by atoms with van der Waals surface area (Å²) < 4.78 is 5.19. The van der Waals surface area contributed by atoms with E-state index in [1.54, 1.807) is 14.0 Å². The number of carbonyl (C=O) groups is 1. The van der Waals surface area contributed by atoms with Crippen molar-refractivity contribution in [1.29, 1.82) is 0 Å². The standard InChI is InChI=1S/C14H14N2O3/c1-8-6-10(4-5-13(8)19-3)12-7-11(14(17)18)9(2)15-16-12/h4-7H,1-3H3,(H,17,18). The van der Waals surface area contributed by atoms with Crippen molar-refractivity contribution in [3.63, 3.8) is 0 Å². The van der Waals surface area contributed by atoms with E-state index in [9.17, 15) is 4.79 Å². The smallest absolute Gasteiger partial charge is 0.337 e. The molecule has 98 valence electrons. The van der Waals surface area contributed by atoms with Crippen molar-refractivity contribution in [2.75, 3.05) is 7.11 Å². The molecule has 0 saturated heterocycles. The van der Waals surface area contributed by atoms with Crippen LogP contribution in [0.15, 0.2) is 24.3 Å². The average molecular weight is 258 g/mol. The van der Waals surface area contributed by atoms with Crippen LogP contribution in [0.25, 0.3) is 11.3 Å². The molecule has 0 aliphatic heterocycles. The third-order valence-electron chi connectivity index (χ3n) is 2.90. The number of hydrogen-bond donors (Lipinski definition) is 1. The molecule has 0 unspecified atom stereocenters. The topological polar surface area (TPSA) is 72.3 Å². The van der Waals surface area contributed by atoms with Crippen LogP contribution in [-0.4, -0.2) is 28.4 Å². The third-order valence-corrected chi connectivity index (χ3v) is 2.90. The van der Waals surface area contributed by atoms with E-state index in [2.05, 4.69) is 10.2 Å². The summed E-state index contributed by atoms with van der Waals surface area (Å²) in [5.74, 6) is -0.221. The number of hydrogen-bond acceptors (Lipinski definition) is 4. The highest BCUT2D eigenvalue weighted by Crippen LogP contribution is 2.25. The second-order valence-corrected chi connectivity index (χ2v) is 4.22. The molecular weight excluding hydrogens is 244 g/mol. The molecule has 0 amide bonds. The number of ether oxygens (including phenoxy) is 1. The highest BCUT2D eigenvalue weighted by Gasteiger charge is 2.12. The fourth-order valence-corrected chi connectivity index (χ4v) is 1.85. The minimum Gasteiger partial charge on any atom is -0.496 e. The first-order valence-corrected chi connectivity index (χ1v) is 5.75. The summed E-state index contributed by atoms with van der Waals surface area (Å²) in [6, 6.07) is 7.08. The van der Waals surface area contributed by atoms with E-state index in [0.29, 0.717) is 11.4 Å². The summed E-state index contributed by atoms with van der Waals surface area (Å²) in [6.45, 7) is 3.54. The van der Waals surface area contributed by atoms with Crippen molar-refractivity contribution in [3.05, 3.63) is 41.1 Å². The quantitative estimate of drug-likeness (QED) is 0.915. The van der Waals surface area contributed by atoms with Gasteiger partial charge in [0.05, 0.1) is 24.1 Å². The normalized spacial score (nSPS) is 10.3. The van der Waals surface area contributed by atoms with Gasteiger partial charge in [-0.3, -0.25) is 0 Å². The molecule has 0 aliphatic rings. The van der Waals surface area contributed by atoms with E-state index in [4.69, 9.17) is 9.84 Å². The van der Waals surface area contributed by atoms with Crippen molar-refractivity contribution in [2.24, 2.45) is 0 Å². The molecule has 1 aromatic carbocycles. The molecule has 0 radical (unpaired) electrons. The number of aromatic nitrogens is 2. The number of rotatable bonds is 3. The van der Waals surface area contributed by atoms with Gasteiger partial charge >= 0.3 is 5.97 Å². The molecular formula is C14H14N2O3.